The summed E-state index contributed by atoms with van der Waals surface area (Å²) in [5.74, 6) is -11.0. The number of furan rings is 1. The molecule has 1 aromatic heterocycles. The number of rotatable bonds is 2. The molecule has 2 rings (SSSR count). The molecule has 1 aromatic carbocycles. The van der Waals surface area contributed by atoms with Crippen molar-refractivity contribution in [3.63, 3.8) is 0 Å². The summed E-state index contributed by atoms with van der Waals surface area (Å²) in [5, 5.41) is 9.55. The van der Waals surface area contributed by atoms with E-state index in [-0.39, 0.29) is 5.76 Å². The molecule has 1 heterocycles. The van der Waals surface area contributed by atoms with E-state index in [0.717, 1.165) is 12.3 Å². The second-order valence-corrected chi connectivity index (χ2v) is 3.40. The van der Waals surface area contributed by atoms with Crippen LogP contribution in [0.3, 0.4) is 0 Å². The van der Waals surface area contributed by atoms with E-state index in [1.807, 2.05) is 0 Å². The van der Waals surface area contributed by atoms with Crippen LogP contribution in [0.1, 0.15) is 17.4 Å². The zero-order valence-electron chi connectivity index (χ0n) is 8.55. The summed E-state index contributed by atoms with van der Waals surface area (Å²) in [5.41, 5.74) is -1.35. The normalized spacial score (nSPS) is 12.8. The molecule has 0 aliphatic carbocycles. The fourth-order valence-corrected chi connectivity index (χ4v) is 1.45. The van der Waals surface area contributed by atoms with Gasteiger partial charge in [-0.25, -0.2) is 22.0 Å². The summed E-state index contributed by atoms with van der Waals surface area (Å²) in [6.45, 7) is 0. The molecule has 18 heavy (non-hydrogen) atoms. The standard InChI is InChI=1S/C11H5F5O2/c12-6-5(11(17)4-2-1-3-18-4)7(13)9(15)10(16)8(6)14/h1-3,11,17H/t11-/m0/s1. The van der Waals surface area contributed by atoms with E-state index in [1.165, 1.54) is 6.07 Å². The monoisotopic (exact) mass is 264 g/mol. The first kappa shape index (κ1) is 12.6. The molecule has 7 heteroatoms. The van der Waals surface area contributed by atoms with Gasteiger partial charge in [0.05, 0.1) is 11.8 Å². The first-order valence-corrected chi connectivity index (χ1v) is 4.68. The van der Waals surface area contributed by atoms with Crippen LogP contribution in [-0.2, 0) is 0 Å². The third kappa shape index (κ3) is 1.76. The number of aliphatic hydroxyl groups is 1. The average Bonchev–Trinajstić information content (AvgIpc) is 2.88. The summed E-state index contributed by atoms with van der Waals surface area (Å²) in [6.07, 6.45) is -0.991. The highest BCUT2D eigenvalue weighted by Crippen LogP contribution is 2.31. The van der Waals surface area contributed by atoms with Crippen LogP contribution in [0.15, 0.2) is 22.8 Å². The van der Waals surface area contributed by atoms with Gasteiger partial charge in [0, 0.05) is 0 Å². The lowest BCUT2D eigenvalue weighted by molar-refractivity contribution is 0.175. The van der Waals surface area contributed by atoms with Crippen molar-refractivity contribution in [3.8, 4) is 0 Å². The van der Waals surface area contributed by atoms with Crippen molar-refractivity contribution in [2.24, 2.45) is 0 Å². The summed E-state index contributed by atoms with van der Waals surface area (Å²) >= 11 is 0. The summed E-state index contributed by atoms with van der Waals surface area (Å²) in [6, 6.07) is 2.44. The van der Waals surface area contributed by atoms with Crippen LogP contribution in [-0.4, -0.2) is 5.11 Å². The smallest absolute Gasteiger partial charge is 0.200 e. The van der Waals surface area contributed by atoms with Crippen molar-refractivity contribution in [3.05, 3.63) is 58.8 Å². The van der Waals surface area contributed by atoms with E-state index in [2.05, 4.69) is 4.42 Å². The van der Waals surface area contributed by atoms with Crippen LogP contribution < -0.4 is 0 Å². The van der Waals surface area contributed by atoms with Gasteiger partial charge in [-0.15, -0.1) is 0 Å². The van der Waals surface area contributed by atoms with Gasteiger partial charge in [0.25, 0.3) is 0 Å². The molecular weight excluding hydrogens is 259 g/mol. The van der Waals surface area contributed by atoms with Crippen LogP contribution in [0, 0.1) is 29.1 Å². The minimum Gasteiger partial charge on any atom is -0.466 e. The first-order valence-electron chi connectivity index (χ1n) is 4.68. The number of halogens is 5. The van der Waals surface area contributed by atoms with Gasteiger partial charge >= 0.3 is 0 Å². The summed E-state index contributed by atoms with van der Waals surface area (Å²) < 4.78 is 69.9. The Bertz CT molecular complexity index is 551. The maximum absolute atomic E-state index is 13.3. The predicted octanol–water partition coefficient (Wildman–Crippen LogP) is 3.06. The molecule has 96 valence electrons. The van der Waals surface area contributed by atoms with Gasteiger partial charge in [-0.05, 0) is 12.1 Å². The Morgan fingerprint density at radius 3 is 1.83 bits per heavy atom. The Balaban J connectivity index is 2.65. The number of aliphatic hydroxyl groups excluding tert-OH is 1. The SMILES string of the molecule is O[C@@H](c1ccco1)c1c(F)c(F)c(F)c(F)c1F. The van der Waals surface area contributed by atoms with Crippen LogP contribution in [0.25, 0.3) is 0 Å². The molecule has 2 nitrogen and oxygen atoms in total. The van der Waals surface area contributed by atoms with E-state index >= 15 is 0 Å². The van der Waals surface area contributed by atoms with Crippen LogP contribution in [0.5, 0.6) is 0 Å². The van der Waals surface area contributed by atoms with Crippen LogP contribution >= 0.6 is 0 Å². The van der Waals surface area contributed by atoms with E-state index in [1.54, 1.807) is 0 Å². The van der Waals surface area contributed by atoms with Gasteiger partial charge in [0.15, 0.2) is 23.3 Å². The van der Waals surface area contributed by atoms with Crippen molar-refractivity contribution in [1.29, 1.82) is 0 Å². The van der Waals surface area contributed by atoms with Crippen molar-refractivity contribution in [1.82, 2.24) is 0 Å². The van der Waals surface area contributed by atoms with Crippen molar-refractivity contribution in [2.75, 3.05) is 0 Å². The van der Waals surface area contributed by atoms with E-state index in [4.69, 9.17) is 0 Å². The molecule has 0 amide bonds. The Labute approximate surface area is 97.3 Å². The minimum absolute atomic E-state index is 0.335. The molecule has 0 aliphatic heterocycles. The maximum atomic E-state index is 13.3. The van der Waals surface area contributed by atoms with E-state index in [0.29, 0.717) is 0 Å². The molecule has 0 spiro atoms. The third-order valence-corrected chi connectivity index (χ3v) is 2.33. The fraction of sp³-hybridized carbons (Fsp3) is 0.0909. The molecule has 0 unspecified atom stereocenters. The fourth-order valence-electron chi connectivity index (χ4n) is 1.45. The lowest BCUT2D eigenvalue weighted by atomic mass is 10.0. The largest absolute Gasteiger partial charge is 0.466 e. The topological polar surface area (TPSA) is 33.4 Å². The quantitative estimate of drug-likeness (QED) is 0.513. The van der Waals surface area contributed by atoms with Crippen LogP contribution in [0.4, 0.5) is 22.0 Å². The lowest BCUT2D eigenvalue weighted by Gasteiger charge is -2.12. The average molecular weight is 264 g/mol. The zero-order chi connectivity index (χ0) is 13.4. The molecule has 0 saturated carbocycles. The molecule has 0 bridgehead atoms. The van der Waals surface area contributed by atoms with E-state index < -0.39 is 40.8 Å². The molecular formula is C11H5F5O2. The second kappa shape index (κ2) is 4.41. The summed E-state index contributed by atoms with van der Waals surface area (Å²) in [4.78, 5) is 0. The molecule has 2 aromatic rings. The van der Waals surface area contributed by atoms with Crippen molar-refractivity contribution in [2.45, 2.75) is 6.10 Å². The summed E-state index contributed by atoms with van der Waals surface area (Å²) in [7, 11) is 0. The molecule has 0 aliphatic rings. The Hall–Kier alpha value is -1.89. The highest BCUT2D eigenvalue weighted by molar-refractivity contribution is 5.30. The van der Waals surface area contributed by atoms with Gasteiger partial charge in [-0.3, -0.25) is 0 Å². The van der Waals surface area contributed by atoms with Gasteiger partial charge in [0.1, 0.15) is 11.9 Å². The van der Waals surface area contributed by atoms with Crippen LogP contribution in [0.2, 0.25) is 0 Å². The zero-order valence-corrected chi connectivity index (χ0v) is 8.55. The van der Waals surface area contributed by atoms with Gasteiger partial charge < -0.3 is 9.52 Å². The Morgan fingerprint density at radius 1 is 0.889 bits per heavy atom. The Morgan fingerprint density at radius 2 is 1.39 bits per heavy atom. The third-order valence-electron chi connectivity index (χ3n) is 2.33. The Kier molecular flexibility index (Phi) is 3.08. The number of hydrogen-bond acceptors (Lipinski definition) is 2. The number of benzene rings is 1. The highest BCUT2D eigenvalue weighted by atomic mass is 19.2. The van der Waals surface area contributed by atoms with Crippen molar-refractivity contribution < 1.29 is 31.5 Å². The predicted molar refractivity (Wildman–Crippen MR) is 49.0 cm³/mol. The molecule has 0 saturated heterocycles. The van der Waals surface area contributed by atoms with E-state index in [9.17, 15) is 27.1 Å². The van der Waals surface area contributed by atoms with Gasteiger partial charge in [0.2, 0.25) is 5.82 Å². The van der Waals surface area contributed by atoms with Gasteiger partial charge in [-0.2, -0.15) is 0 Å². The number of hydrogen-bond donors (Lipinski definition) is 1. The highest BCUT2D eigenvalue weighted by Gasteiger charge is 2.31. The minimum atomic E-state index is -2.28. The molecule has 1 atom stereocenters. The molecule has 0 fully saturated rings. The maximum Gasteiger partial charge on any atom is 0.200 e. The molecule has 1 N–H and O–H groups in total. The lowest BCUT2D eigenvalue weighted by Crippen LogP contribution is -2.11. The van der Waals surface area contributed by atoms with Crippen molar-refractivity contribution >= 4 is 0 Å². The molecule has 0 radical (unpaired) electrons. The second-order valence-electron chi connectivity index (χ2n) is 3.40. The van der Waals surface area contributed by atoms with Gasteiger partial charge in [-0.1, -0.05) is 0 Å². The first-order chi connectivity index (χ1) is 8.45.